The van der Waals surface area contributed by atoms with Crippen LogP contribution in [-0.4, -0.2) is 12.5 Å². The van der Waals surface area contributed by atoms with E-state index in [1.807, 2.05) is 67.6 Å². The third kappa shape index (κ3) is 6.19. The number of rotatable bonds is 7. The highest BCUT2D eigenvalue weighted by Gasteiger charge is 2.04. The van der Waals surface area contributed by atoms with Crippen LogP contribution < -0.4 is 15.4 Å². The van der Waals surface area contributed by atoms with E-state index in [1.54, 1.807) is 6.07 Å². The summed E-state index contributed by atoms with van der Waals surface area (Å²) in [6.07, 6.45) is 0. The van der Waals surface area contributed by atoms with Crippen LogP contribution in [0, 0.1) is 6.92 Å². The molecule has 0 unspecified atom stereocenters. The lowest BCUT2D eigenvalue weighted by Gasteiger charge is -2.10. The predicted octanol–water partition coefficient (Wildman–Crippen LogP) is 5.93. The lowest BCUT2D eigenvalue weighted by molar-refractivity contribution is -0.118. The van der Waals surface area contributed by atoms with Gasteiger partial charge in [0.2, 0.25) is 0 Å². The van der Waals surface area contributed by atoms with Gasteiger partial charge in [0.1, 0.15) is 5.75 Å². The number of hydrogen-bond acceptors (Lipinski definition) is 3. The van der Waals surface area contributed by atoms with Gasteiger partial charge in [-0.2, -0.15) is 0 Å². The number of hydrogen-bond donors (Lipinski definition) is 2. The molecule has 1 amide bonds. The zero-order valence-electron chi connectivity index (χ0n) is 15.3. The molecule has 0 saturated heterocycles. The second kappa shape index (κ2) is 9.49. The standard InChI is InChI=1S/C22H20Cl2N2O2/c1-15-2-6-19(7-3-15)26-22(27)14-28-21-8-4-16(5-9-21)13-25-20-11-17(23)10-18(24)12-20/h2-12,25H,13-14H2,1H3,(H,26,27). The molecule has 0 spiro atoms. The fourth-order valence-corrected chi connectivity index (χ4v) is 3.07. The van der Waals surface area contributed by atoms with E-state index in [2.05, 4.69) is 10.6 Å². The van der Waals surface area contributed by atoms with E-state index in [4.69, 9.17) is 27.9 Å². The van der Waals surface area contributed by atoms with E-state index in [-0.39, 0.29) is 12.5 Å². The third-order valence-corrected chi connectivity index (χ3v) is 4.42. The van der Waals surface area contributed by atoms with Crippen molar-refractivity contribution in [2.45, 2.75) is 13.5 Å². The lowest BCUT2D eigenvalue weighted by Crippen LogP contribution is -2.20. The molecule has 3 aromatic carbocycles. The number of carbonyl (C=O) groups is 1. The smallest absolute Gasteiger partial charge is 0.262 e. The Morgan fingerprint density at radius 3 is 2.18 bits per heavy atom. The van der Waals surface area contributed by atoms with Crippen molar-refractivity contribution >= 4 is 40.5 Å². The largest absolute Gasteiger partial charge is 0.484 e. The second-order valence-corrected chi connectivity index (χ2v) is 7.23. The van der Waals surface area contributed by atoms with Gasteiger partial charge in [0.25, 0.3) is 5.91 Å². The molecule has 0 radical (unpaired) electrons. The van der Waals surface area contributed by atoms with Crippen molar-refractivity contribution in [3.63, 3.8) is 0 Å². The molecule has 2 N–H and O–H groups in total. The van der Waals surface area contributed by atoms with Gasteiger partial charge in [-0.05, 0) is 55.0 Å². The van der Waals surface area contributed by atoms with Crippen molar-refractivity contribution in [1.29, 1.82) is 0 Å². The molecule has 3 rings (SSSR count). The summed E-state index contributed by atoms with van der Waals surface area (Å²) in [7, 11) is 0. The molecule has 0 heterocycles. The van der Waals surface area contributed by atoms with Gasteiger partial charge < -0.3 is 15.4 Å². The maximum Gasteiger partial charge on any atom is 0.262 e. The van der Waals surface area contributed by atoms with Crippen molar-refractivity contribution in [3.8, 4) is 5.75 Å². The summed E-state index contributed by atoms with van der Waals surface area (Å²) in [6.45, 7) is 2.56. The Morgan fingerprint density at radius 1 is 0.893 bits per heavy atom. The first kappa shape index (κ1) is 20.1. The molecule has 0 bridgehead atoms. The van der Waals surface area contributed by atoms with E-state index in [0.717, 1.165) is 22.5 Å². The summed E-state index contributed by atoms with van der Waals surface area (Å²) in [5.41, 5.74) is 3.81. The van der Waals surface area contributed by atoms with Crippen LogP contribution in [0.3, 0.4) is 0 Å². The van der Waals surface area contributed by atoms with Crippen LogP contribution in [0.1, 0.15) is 11.1 Å². The molecular formula is C22H20Cl2N2O2. The zero-order valence-corrected chi connectivity index (χ0v) is 16.8. The van der Waals surface area contributed by atoms with Crippen LogP contribution in [-0.2, 0) is 11.3 Å². The van der Waals surface area contributed by atoms with Gasteiger partial charge >= 0.3 is 0 Å². The van der Waals surface area contributed by atoms with Crippen LogP contribution in [0.2, 0.25) is 10.0 Å². The first-order valence-corrected chi connectivity index (χ1v) is 9.52. The van der Waals surface area contributed by atoms with E-state index in [0.29, 0.717) is 22.3 Å². The number of anilines is 2. The van der Waals surface area contributed by atoms with E-state index < -0.39 is 0 Å². The molecule has 0 aliphatic carbocycles. The quantitative estimate of drug-likeness (QED) is 0.503. The molecule has 0 aromatic heterocycles. The normalized spacial score (nSPS) is 10.4. The first-order valence-electron chi connectivity index (χ1n) is 8.76. The summed E-state index contributed by atoms with van der Waals surface area (Å²) in [5, 5.41) is 7.24. The molecule has 0 fully saturated rings. The van der Waals surface area contributed by atoms with Gasteiger partial charge in [0.05, 0.1) is 0 Å². The van der Waals surface area contributed by atoms with Crippen molar-refractivity contribution in [2.75, 3.05) is 17.2 Å². The van der Waals surface area contributed by atoms with Crippen molar-refractivity contribution in [3.05, 3.63) is 87.9 Å². The van der Waals surface area contributed by atoms with Crippen LogP contribution in [0.25, 0.3) is 0 Å². The van der Waals surface area contributed by atoms with Gasteiger partial charge in [-0.1, -0.05) is 53.0 Å². The number of benzene rings is 3. The zero-order chi connectivity index (χ0) is 19.9. The molecule has 0 aliphatic heterocycles. The molecule has 0 aliphatic rings. The van der Waals surface area contributed by atoms with Gasteiger partial charge in [0, 0.05) is 28.0 Å². The van der Waals surface area contributed by atoms with Gasteiger partial charge in [-0.3, -0.25) is 4.79 Å². The summed E-state index contributed by atoms with van der Waals surface area (Å²) >= 11 is 12.0. The van der Waals surface area contributed by atoms with Crippen molar-refractivity contribution in [2.24, 2.45) is 0 Å². The average molecular weight is 415 g/mol. The molecule has 6 heteroatoms. The average Bonchev–Trinajstić information content (AvgIpc) is 2.67. The van der Waals surface area contributed by atoms with Crippen LogP contribution in [0.4, 0.5) is 11.4 Å². The lowest BCUT2D eigenvalue weighted by atomic mass is 10.2. The minimum Gasteiger partial charge on any atom is -0.484 e. The van der Waals surface area contributed by atoms with Gasteiger partial charge in [-0.15, -0.1) is 0 Å². The molecule has 144 valence electrons. The SMILES string of the molecule is Cc1ccc(NC(=O)COc2ccc(CNc3cc(Cl)cc(Cl)c3)cc2)cc1. The Morgan fingerprint density at radius 2 is 1.54 bits per heavy atom. The van der Waals surface area contributed by atoms with Gasteiger partial charge in [-0.25, -0.2) is 0 Å². The number of halogens is 2. The highest BCUT2D eigenvalue weighted by atomic mass is 35.5. The number of amides is 1. The van der Waals surface area contributed by atoms with Crippen molar-refractivity contribution < 1.29 is 9.53 Å². The number of carbonyl (C=O) groups excluding carboxylic acids is 1. The Bertz CT molecular complexity index is 922. The maximum absolute atomic E-state index is 12.0. The number of aryl methyl sites for hydroxylation is 1. The Hall–Kier alpha value is -2.69. The summed E-state index contributed by atoms with van der Waals surface area (Å²) in [4.78, 5) is 12.0. The topological polar surface area (TPSA) is 50.4 Å². The predicted molar refractivity (Wildman–Crippen MR) is 116 cm³/mol. The monoisotopic (exact) mass is 414 g/mol. The number of ether oxygens (including phenoxy) is 1. The van der Waals surface area contributed by atoms with Crippen LogP contribution in [0.15, 0.2) is 66.7 Å². The minimum absolute atomic E-state index is 0.0491. The summed E-state index contributed by atoms with van der Waals surface area (Å²) in [5.74, 6) is 0.432. The Labute approximate surface area is 174 Å². The van der Waals surface area contributed by atoms with E-state index in [9.17, 15) is 4.79 Å². The van der Waals surface area contributed by atoms with Crippen LogP contribution >= 0.6 is 23.2 Å². The molecule has 0 saturated carbocycles. The first-order chi connectivity index (χ1) is 13.5. The van der Waals surface area contributed by atoms with E-state index in [1.165, 1.54) is 0 Å². The van der Waals surface area contributed by atoms with E-state index >= 15 is 0 Å². The fourth-order valence-electron chi connectivity index (χ4n) is 2.55. The third-order valence-electron chi connectivity index (χ3n) is 3.99. The molecule has 0 atom stereocenters. The van der Waals surface area contributed by atoms with Gasteiger partial charge in [0.15, 0.2) is 6.61 Å². The second-order valence-electron chi connectivity index (χ2n) is 6.36. The molecule has 4 nitrogen and oxygen atoms in total. The summed E-state index contributed by atoms with van der Waals surface area (Å²) < 4.78 is 5.55. The Balaban J connectivity index is 1.47. The fraction of sp³-hybridized carbons (Fsp3) is 0.136. The molecule has 28 heavy (non-hydrogen) atoms. The van der Waals surface area contributed by atoms with Crippen LogP contribution in [0.5, 0.6) is 5.75 Å². The summed E-state index contributed by atoms with van der Waals surface area (Å²) in [6, 6.07) is 20.5. The number of nitrogens with one attached hydrogen (secondary N) is 2. The molecular weight excluding hydrogens is 395 g/mol. The highest BCUT2D eigenvalue weighted by molar-refractivity contribution is 6.35. The maximum atomic E-state index is 12.0. The van der Waals surface area contributed by atoms with Crippen molar-refractivity contribution in [1.82, 2.24) is 0 Å². The Kier molecular flexibility index (Phi) is 6.80. The highest BCUT2D eigenvalue weighted by Crippen LogP contribution is 2.23. The molecule has 3 aromatic rings. The minimum atomic E-state index is -0.201.